The van der Waals surface area contributed by atoms with E-state index in [1.165, 1.54) is 11.3 Å². The molecule has 0 amide bonds. The lowest BCUT2D eigenvalue weighted by molar-refractivity contribution is -0.110. The maximum Gasteiger partial charge on any atom is 0.150 e. The molecule has 12 nitrogen and oxygen atoms in total. The molecule has 11 N–H and O–H groups in total. The summed E-state index contributed by atoms with van der Waals surface area (Å²) in [4.78, 5) is 59.9. The van der Waals surface area contributed by atoms with Crippen LogP contribution < -0.4 is 28.7 Å². The number of aldehydes is 6. The molecule has 0 unspecified atom stereocenters. The summed E-state index contributed by atoms with van der Waals surface area (Å²) < 4.78 is 0. The Hall–Kier alpha value is -3.46. The highest BCUT2D eigenvalue weighted by Crippen LogP contribution is 2.18. The summed E-state index contributed by atoms with van der Waals surface area (Å²) in [6, 6.07) is 6.98. The number of hydrogen-bond acceptors (Lipinski definition) is 13. The summed E-state index contributed by atoms with van der Waals surface area (Å²) in [7, 11) is 0. The van der Waals surface area contributed by atoms with Gasteiger partial charge >= 0.3 is 0 Å². The van der Waals surface area contributed by atoms with Gasteiger partial charge in [-0.3, -0.25) is 4.79 Å². The molecule has 0 saturated carbocycles. The van der Waals surface area contributed by atoms with E-state index >= 15 is 0 Å². The van der Waals surface area contributed by atoms with E-state index in [1.54, 1.807) is 30.3 Å². The number of carbonyl (C=O) groups excluding carboxylic acids is 6. The lowest BCUT2D eigenvalue weighted by atomic mass is 9.89. The number of phenols is 1. The molecule has 0 radical (unpaired) electrons. The van der Waals surface area contributed by atoms with Gasteiger partial charge in [0.05, 0.1) is 30.2 Å². The Morgan fingerprint density at radius 1 is 0.660 bits per heavy atom. The van der Waals surface area contributed by atoms with Gasteiger partial charge in [0.2, 0.25) is 0 Å². The van der Waals surface area contributed by atoms with Gasteiger partial charge in [-0.25, -0.2) is 0 Å². The summed E-state index contributed by atoms with van der Waals surface area (Å²) >= 11 is 1.53. The normalized spacial score (nSPS) is 13.0. The van der Waals surface area contributed by atoms with Crippen LogP contribution in [0.1, 0.15) is 116 Å². The second-order valence-corrected chi connectivity index (χ2v) is 15.3. The molecule has 0 fully saturated rings. The minimum Gasteiger partial charge on any atom is -0.508 e. The quantitative estimate of drug-likeness (QED) is 0.114. The fourth-order valence-electron chi connectivity index (χ4n) is 3.75. The van der Waals surface area contributed by atoms with E-state index in [1.807, 2.05) is 24.6 Å². The molecule has 2 rings (SSSR count). The Morgan fingerprint density at radius 2 is 1.15 bits per heavy atom. The van der Waals surface area contributed by atoms with Crippen LogP contribution in [0.4, 0.5) is 0 Å². The van der Waals surface area contributed by atoms with Gasteiger partial charge in [-0.05, 0) is 84.9 Å². The van der Waals surface area contributed by atoms with Gasteiger partial charge in [0.25, 0.3) is 0 Å². The number of unbranched alkanes of at least 4 members (excludes halogenated alkanes) is 1. The third-order valence-electron chi connectivity index (χ3n) is 6.52. The molecule has 0 bridgehead atoms. The average molecular weight is 766 g/mol. The molecule has 53 heavy (non-hydrogen) atoms. The van der Waals surface area contributed by atoms with Gasteiger partial charge in [-0.2, -0.15) is 11.3 Å². The molecular weight excluding hydrogens is 695 g/mol. The molecule has 2 aromatic rings. The zero-order chi connectivity index (χ0) is 41.8. The van der Waals surface area contributed by atoms with Crippen molar-refractivity contribution in [2.45, 2.75) is 137 Å². The van der Waals surface area contributed by atoms with Crippen LogP contribution in [0.2, 0.25) is 0 Å². The number of rotatable bonds is 17. The van der Waals surface area contributed by atoms with Crippen molar-refractivity contribution in [3.05, 3.63) is 52.2 Å². The smallest absolute Gasteiger partial charge is 0.150 e. The number of carbonyl (C=O) groups is 6. The van der Waals surface area contributed by atoms with E-state index in [2.05, 4.69) is 41.5 Å². The predicted molar refractivity (Wildman–Crippen MR) is 219 cm³/mol. The molecule has 1 heterocycles. The minimum absolute atomic E-state index is 0.167. The van der Waals surface area contributed by atoms with Crippen LogP contribution in [-0.2, 0) is 30.4 Å². The lowest BCUT2D eigenvalue weighted by Crippen LogP contribution is -2.27. The summed E-state index contributed by atoms with van der Waals surface area (Å²) in [5.74, 6) is 1.39. The number of benzene rings is 1. The van der Waals surface area contributed by atoms with Crippen molar-refractivity contribution < 1.29 is 33.9 Å². The van der Waals surface area contributed by atoms with Crippen molar-refractivity contribution in [2.24, 2.45) is 45.9 Å². The van der Waals surface area contributed by atoms with E-state index in [9.17, 15) is 28.8 Å². The number of phenolic OH excluding ortho intramolecular Hbond substituents is 1. The molecule has 0 aliphatic carbocycles. The summed E-state index contributed by atoms with van der Waals surface area (Å²) in [5, 5.41) is 12.6. The molecule has 0 spiro atoms. The van der Waals surface area contributed by atoms with E-state index in [-0.39, 0.29) is 35.3 Å². The highest BCUT2D eigenvalue weighted by Gasteiger charge is 2.14. The van der Waals surface area contributed by atoms with Gasteiger partial charge in [-0.15, -0.1) is 0 Å². The fourth-order valence-corrected chi connectivity index (χ4v) is 4.36. The minimum atomic E-state index is -0.449. The second-order valence-electron chi connectivity index (χ2n) is 14.6. The van der Waals surface area contributed by atoms with Gasteiger partial charge in [0.15, 0.2) is 6.29 Å². The Labute approximate surface area is 323 Å². The zero-order valence-corrected chi connectivity index (χ0v) is 34.2. The Morgan fingerprint density at radius 3 is 1.45 bits per heavy atom. The van der Waals surface area contributed by atoms with Gasteiger partial charge in [0.1, 0.15) is 37.2 Å². The second kappa shape index (κ2) is 36.9. The van der Waals surface area contributed by atoms with Crippen LogP contribution in [0.15, 0.2) is 41.1 Å². The first-order valence-corrected chi connectivity index (χ1v) is 19.0. The molecule has 304 valence electrons. The molecule has 13 heteroatoms. The van der Waals surface area contributed by atoms with E-state index < -0.39 is 6.04 Å². The fraction of sp³-hybridized carbons (Fsp3) is 0.600. The molecular formula is C40H71N5O7S. The van der Waals surface area contributed by atoms with Crippen molar-refractivity contribution in [1.29, 1.82) is 0 Å². The first-order valence-electron chi connectivity index (χ1n) is 18.0. The van der Waals surface area contributed by atoms with Crippen molar-refractivity contribution in [2.75, 3.05) is 0 Å². The number of aromatic hydroxyl groups is 1. The number of hydrogen-bond donors (Lipinski definition) is 6. The SMILES string of the molecule is CC(C)(C)C[C@H](N)C=O.CC(C)CC[C@H](N)C=O.CC(C)C[C@H](N)C=O.CCCC[C@H](N)C=O.N[C@H](C=O)Cc1ccc(O)cc1.O=Cc1ccsc1. The zero-order valence-electron chi connectivity index (χ0n) is 33.4. The van der Waals surface area contributed by atoms with Gasteiger partial charge < -0.3 is 57.7 Å². The summed E-state index contributed by atoms with van der Waals surface area (Å²) in [5.41, 5.74) is 28.6. The van der Waals surface area contributed by atoms with Crippen LogP contribution in [0, 0.1) is 17.3 Å². The van der Waals surface area contributed by atoms with Gasteiger partial charge in [0, 0.05) is 10.9 Å². The van der Waals surface area contributed by atoms with Crippen LogP contribution in [0.25, 0.3) is 0 Å². The maximum absolute atomic E-state index is 10.2. The monoisotopic (exact) mass is 766 g/mol. The van der Waals surface area contributed by atoms with E-state index in [0.29, 0.717) is 24.5 Å². The largest absolute Gasteiger partial charge is 0.508 e. The average Bonchev–Trinajstić information content (AvgIpc) is 3.65. The van der Waals surface area contributed by atoms with Crippen molar-refractivity contribution in [1.82, 2.24) is 0 Å². The Balaban J connectivity index is -0.000000274. The Bertz CT molecular complexity index is 1160. The van der Waals surface area contributed by atoms with Crippen LogP contribution in [0.5, 0.6) is 5.75 Å². The van der Waals surface area contributed by atoms with E-state index in [0.717, 1.165) is 87.5 Å². The predicted octanol–water partition coefficient (Wildman–Crippen LogP) is 5.18. The third kappa shape index (κ3) is 46.5. The van der Waals surface area contributed by atoms with E-state index in [4.69, 9.17) is 33.8 Å². The molecule has 0 aliphatic heterocycles. The van der Waals surface area contributed by atoms with Crippen LogP contribution >= 0.6 is 11.3 Å². The van der Waals surface area contributed by atoms with Crippen LogP contribution in [-0.4, -0.2) is 73.0 Å². The molecule has 1 aromatic carbocycles. The third-order valence-corrected chi connectivity index (χ3v) is 7.22. The first-order chi connectivity index (χ1) is 24.7. The molecule has 1 aromatic heterocycles. The highest BCUT2D eigenvalue weighted by atomic mass is 32.1. The van der Waals surface area contributed by atoms with Gasteiger partial charge in [-0.1, -0.05) is 80.4 Å². The maximum atomic E-state index is 10.2. The molecule has 0 saturated heterocycles. The number of thiophene rings is 1. The highest BCUT2D eigenvalue weighted by molar-refractivity contribution is 7.08. The first kappa shape index (κ1) is 56.3. The van der Waals surface area contributed by atoms with Crippen molar-refractivity contribution in [3.63, 3.8) is 0 Å². The molecule has 0 aliphatic rings. The summed E-state index contributed by atoms with van der Waals surface area (Å²) in [6.45, 7) is 16.6. The number of nitrogens with two attached hydrogens (primary N) is 5. The van der Waals surface area contributed by atoms with Crippen LogP contribution in [0.3, 0.4) is 0 Å². The Kier molecular flexibility index (Phi) is 39.2. The lowest BCUT2D eigenvalue weighted by Gasteiger charge is -2.19. The van der Waals surface area contributed by atoms with Crippen molar-refractivity contribution >= 4 is 49.1 Å². The van der Waals surface area contributed by atoms with Crippen molar-refractivity contribution in [3.8, 4) is 5.75 Å². The molecule has 5 atom stereocenters. The summed E-state index contributed by atoms with van der Waals surface area (Å²) in [6.07, 6.45) is 11.7. The topological polar surface area (TPSA) is 253 Å². The standard InChI is InChI=1S/C9H11NO2.2C7H15NO.2C6H13NO.C5H4OS/c10-8(6-11)5-7-1-3-9(12)4-2-7;1-7(2,3)4-6(8)5-9;1-6(2)3-4-7(8)5-9;1-5(2)3-6(7)4-8;1-2-3-4-6(7)5-8;6-3-5-1-2-7-4-5/h1-4,6,8,12H,5,10H2;5-6H,4,8H2,1-3H3;5-7H,3-4,8H2,1-2H3;4-6H,3,7H2,1-2H3;5-6H,2-4,7H2,1H3;1-4H/t8-;6-;7-;2*6-;/m00000./s1.